The third-order valence-corrected chi connectivity index (χ3v) is 8.64. The molecule has 1 aromatic carbocycles. The lowest BCUT2D eigenvalue weighted by Gasteiger charge is -2.46. The van der Waals surface area contributed by atoms with Crippen LogP contribution in [0.2, 0.25) is 0 Å². The Morgan fingerprint density at radius 1 is 1.22 bits per heavy atom. The van der Waals surface area contributed by atoms with Crippen molar-refractivity contribution in [1.82, 2.24) is 19.7 Å². The van der Waals surface area contributed by atoms with Crippen LogP contribution >= 0.6 is 0 Å². The summed E-state index contributed by atoms with van der Waals surface area (Å²) in [7, 11) is 2.01. The van der Waals surface area contributed by atoms with Gasteiger partial charge in [0.1, 0.15) is 12.2 Å². The summed E-state index contributed by atoms with van der Waals surface area (Å²) in [5.41, 5.74) is 4.78. The number of amides is 1. The molecule has 6 rings (SSSR count). The summed E-state index contributed by atoms with van der Waals surface area (Å²) in [6, 6.07) is 8.39. The number of hydrogen-bond donors (Lipinski definition) is 0. The van der Waals surface area contributed by atoms with Crippen LogP contribution in [0.3, 0.4) is 0 Å². The van der Waals surface area contributed by atoms with Crippen molar-refractivity contribution in [2.24, 2.45) is 24.8 Å². The number of carbonyl (C=O) groups excluding carboxylic acids is 1. The Hall–Kier alpha value is -3.43. The number of benzene rings is 1. The molecule has 0 radical (unpaired) electrons. The maximum atomic E-state index is 13.8. The van der Waals surface area contributed by atoms with Crippen LogP contribution in [0, 0.1) is 30.1 Å². The Labute approximate surface area is 219 Å². The topological polar surface area (TPSA) is 54.3 Å². The number of aromatic nitrogens is 3. The van der Waals surface area contributed by atoms with Crippen molar-refractivity contribution in [3.8, 4) is 12.3 Å². The third-order valence-electron chi connectivity index (χ3n) is 8.64. The molecule has 37 heavy (non-hydrogen) atoms. The highest BCUT2D eigenvalue weighted by Crippen LogP contribution is 2.52. The minimum absolute atomic E-state index is 0.0622. The molecule has 0 N–H and O–H groups in total. The smallest absolute Gasteiger partial charge is 0.242 e. The van der Waals surface area contributed by atoms with Gasteiger partial charge in [0, 0.05) is 43.2 Å². The van der Waals surface area contributed by atoms with Crippen LogP contribution in [0.25, 0.3) is 0 Å². The number of nitrogens with zero attached hydrogens (tertiary/aromatic N) is 5. The van der Waals surface area contributed by atoms with E-state index in [1.165, 1.54) is 18.4 Å². The number of fused-ring (bicyclic) bond motifs is 1. The van der Waals surface area contributed by atoms with E-state index in [1.54, 1.807) is 11.2 Å². The lowest BCUT2D eigenvalue weighted by Crippen LogP contribution is -2.43. The Morgan fingerprint density at radius 2 is 2.05 bits per heavy atom. The van der Waals surface area contributed by atoms with E-state index >= 15 is 0 Å². The fourth-order valence-electron chi connectivity index (χ4n) is 6.96. The van der Waals surface area contributed by atoms with Crippen LogP contribution in [0.5, 0.6) is 0 Å². The molecule has 0 spiro atoms. The van der Waals surface area contributed by atoms with Gasteiger partial charge in [-0.3, -0.25) is 14.6 Å². The number of allylic oxidation sites excluding steroid dienone is 1. The van der Waals surface area contributed by atoms with Crippen molar-refractivity contribution >= 4 is 11.6 Å². The highest BCUT2D eigenvalue weighted by Gasteiger charge is 2.48. The fourth-order valence-corrected chi connectivity index (χ4v) is 6.96. The number of piperidine rings is 1. The van der Waals surface area contributed by atoms with E-state index in [4.69, 9.17) is 6.42 Å². The summed E-state index contributed by atoms with van der Waals surface area (Å²) in [4.78, 5) is 18.1. The highest BCUT2D eigenvalue weighted by atomic mass is 16.2. The molecule has 2 aromatic rings. The second-order valence-electron chi connectivity index (χ2n) is 11.6. The first-order valence-corrected chi connectivity index (χ1v) is 13.5. The van der Waals surface area contributed by atoms with Gasteiger partial charge in [-0.25, -0.2) is 0 Å². The molecule has 0 bridgehead atoms. The van der Waals surface area contributed by atoms with E-state index in [-0.39, 0.29) is 17.2 Å². The molecule has 1 saturated heterocycles. The molecule has 6 heteroatoms. The van der Waals surface area contributed by atoms with E-state index in [0.717, 1.165) is 60.7 Å². The van der Waals surface area contributed by atoms with Crippen molar-refractivity contribution in [2.45, 2.75) is 44.9 Å². The SMILES string of the molecule is C#CC1=CC(CN2CCC[C@H](C)C2)=CC2C(=O)N(c3cccc(C4(c5nncn5C)CC(C)C4)c3)C=C12. The van der Waals surface area contributed by atoms with Crippen LogP contribution in [-0.4, -0.2) is 45.2 Å². The Bertz CT molecular complexity index is 1370. The lowest BCUT2D eigenvalue weighted by molar-refractivity contribution is -0.118. The zero-order valence-electron chi connectivity index (χ0n) is 22.0. The van der Waals surface area contributed by atoms with Crippen LogP contribution in [0.15, 0.2) is 65.7 Å². The zero-order chi connectivity index (χ0) is 25.7. The number of terminal acetylenes is 1. The van der Waals surface area contributed by atoms with Gasteiger partial charge in [-0.15, -0.1) is 16.6 Å². The maximum absolute atomic E-state index is 13.8. The van der Waals surface area contributed by atoms with E-state index in [0.29, 0.717) is 11.8 Å². The molecule has 2 aliphatic heterocycles. The van der Waals surface area contributed by atoms with Crippen molar-refractivity contribution in [3.63, 3.8) is 0 Å². The van der Waals surface area contributed by atoms with Crippen LogP contribution < -0.4 is 4.90 Å². The molecule has 2 fully saturated rings. The van der Waals surface area contributed by atoms with E-state index in [9.17, 15) is 4.79 Å². The first kappa shape index (κ1) is 23.9. The molecule has 1 saturated carbocycles. The Balaban J connectivity index is 1.30. The lowest BCUT2D eigenvalue weighted by atomic mass is 9.58. The summed E-state index contributed by atoms with van der Waals surface area (Å²) < 4.78 is 2.02. The zero-order valence-corrected chi connectivity index (χ0v) is 22.0. The number of carbonyl (C=O) groups is 1. The van der Waals surface area contributed by atoms with Crippen molar-refractivity contribution in [2.75, 3.05) is 24.5 Å². The summed E-state index contributed by atoms with van der Waals surface area (Å²) in [5.74, 6) is 4.92. The fraction of sp³-hybridized carbons (Fsp3) is 0.452. The highest BCUT2D eigenvalue weighted by molar-refractivity contribution is 6.04. The third kappa shape index (κ3) is 4.06. The Morgan fingerprint density at radius 3 is 2.76 bits per heavy atom. The van der Waals surface area contributed by atoms with Gasteiger partial charge in [0.25, 0.3) is 0 Å². The summed E-state index contributed by atoms with van der Waals surface area (Å²) in [5, 5.41) is 8.64. The number of likely N-dealkylation sites (tertiary alicyclic amines) is 1. The van der Waals surface area contributed by atoms with E-state index in [1.807, 2.05) is 23.9 Å². The number of rotatable bonds is 5. The average molecular weight is 494 g/mol. The summed E-state index contributed by atoms with van der Waals surface area (Å²) in [6.45, 7) is 7.64. The van der Waals surface area contributed by atoms with E-state index < -0.39 is 0 Å². The van der Waals surface area contributed by atoms with Crippen molar-refractivity contribution < 1.29 is 4.79 Å². The molecule has 190 valence electrons. The standard InChI is InChI=1S/C31H35N5O/c1-5-24-12-23(18-35-11-7-8-21(2)17-35)13-27-28(24)19-36(29(27)37)26-10-6-9-25(14-26)31(15-22(3)16-31)30-33-32-20-34(30)4/h1,6,9-10,12-14,19-22,27H,7-8,11,15-18H2,2-4H3/t21-,22?,27?,31?/m0/s1. The normalized spacial score (nSPS) is 29.7. The second kappa shape index (κ2) is 9.15. The van der Waals surface area contributed by atoms with Gasteiger partial charge in [-0.1, -0.05) is 38.0 Å². The van der Waals surface area contributed by atoms with Crippen LogP contribution in [-0.2, 0) is 17.3 Å². The molecule has 1 unspecified atom stereocenters. The molecule has 2 aliphatic carbocycles. The van der Waals surface area contributed by atoms with Gasteiger partial charge in [0.2, 0.25) is 5.91 Å². The molecular weight excluding hydrogens is 458 g/mol. The molecule has 3 heterocycles. The van der Waals surface area contributed by atoms with Crippen LogP contribution in [0.4, 0.5) is 5.69 Å². The van der Waals surface area contributed by atoms with Crippen molar-refractivity contribution in [1.29, 1.82) is 0 Å². The van der Waals surface area contributed by atoms with Gasteiger partial charge in [-0.05, 0) is 73.4 Å². The van der Waals surface area contributed by atoms with Gasteiger partial charge in [-0.2, -0.15) is 0 Å². The average Bonchev–Trinajstić information content (AvgIpc) is 3.45. The molecule has 4 aliphatic rings. The number of aryl methyl sites for hydroxylation is 1. The van der Waals surface area contributed by atoms with Gasteiger partial charge in [0.05, 0.1) is 11.3 Å². The molecule has 1 aromatic heterocycles. The van der Waals surface area contributed by atoms with Crippen molar-refractivity contribution in [3.05, 3.63) is 77.1 Å². The minimum atomic E-state index is -0.326. The van der Waals surface area contributed by atoms with E-state index in [2.05, 4.69) is 65.2 Å². The van der Waals surface area contributed by atoms with Gasteiger partial charge < -0.3 is 4.57 Å². The molecule has 1 amide bonds. The number of anilines is 1. The molecular formula is C31H35N5O. The maximum Gasteiger partial charge on any atom is 0.242 e. The number of hydrogen-bond acceptors (Lipinski definition) is 4. The first-order chi connectivity index (χ1) is 17.9. The predicted molar refractivity (Wildman–Crippen MR) is 146 cm³/mol. The minimum Gasteiger partial charge on any atom is -0.320 e. The van der Waals surface area contributed by atoms with Crippen LogP contribution in [0.1, 0.15) is 50.9 Å². The molecule has 2 atom stereocenters. The molecule has 6 nitrogen and oxygen atoms in total. The Kier molecular flexibility index (Phi) is 5.92. The first-order valence-electron chi connectivity index (χ1n) is 13.5. The summed E-state index contributed by atoms with van der Waals surface area (Å²) >= 11 is 0. The largest absolute Gasteiger partial charge is 0.320 e. The monoisotopic (exact) mass is 493 g/mol. The van der Waals surface area contributed by atoms with Gasteiger partial charge in [0.15, 0.2) is 0 Å². The predicted octanol–water partition coefficient (Wildman–Crippen LogP) is 4.61. The quantitative estimate of drug-likeness (QED) is 0.571. The second-order valence-corrected chi connectivity index (χ2v) is 11.6. The summed E-state index contributed by atoms with van der Waals surface area (Å²) in [6.07, 6.45) is 18.5. The van der Waals surface area contributed by atoms with Gasteiger partial charge >= 0.3 is 0 Å².